The van der Waals surface area contributed by atoms with E-state index in [1.54, 1.807) is 24.5 Å². The summed E-state index contributed by atoms with van der Waals surface area (Å²) in [6.07, 6.45) is 2.36. The molecule has 1 heterocycles. The third-order valence-corrected chi connectivity index (χ3v) is 2.72. The number of rotatable bonds is 4. The Morgan fingerprint density at radius 1 is 1.44 bits per heavy atom. The Balaban J connectivity index is 2.20. The SMILES string of the molecule is CCC(Nc1ccc(C#N)cc1F)c1ccco1. The van der Waals surface area contributed by atoms with Crippen molar-refractivity contribution in [1.29, 1.82) is 5.26 Å². The number of nitrogens with one attached hydrogen (secondary N) is 1. The van der Waals surface area contributed by atoms with Crippen molar-refractivity contribution < 1.29 is 8.81 Å². The van der Waals surface area contributed by atoms with Crippen LogP contribution in [0.2, 0.25) is 0 Å². The van der Waals surface area contributed by atoms with E-state index in [0.717, 1.165) is 12.2 Å². The topological polar surface area (TPSA) is 49.0 Å². The highest BCUT2D eigenvalue weighted by Gasteiger charge is 2.14. The van der Waals surface area contributed by atoms with Crippen LogP contribution >= 0.6 is 0 Å². The molecule has 1 N–H and O–H groups in total. The van der Waals surface area contributed by atoms with Gasteiger partial charge in [0.25, 0.3) is 0 Å². The first-order valence-corrected chi connectivity index (χ1v) is 5.74. The number of nitrogens with zero attached hydrogens (tertiary/aromatic N) is 1. The summed E-state index contributed by atoms with van der Waals surface area (Å²) in [5.74, 6) is 0.334. The average molecular weight is 244 g/mol. The lowest BCUT2D eigenvalue weighted by atomic mass is 10.1. The summed E-state index contributed by atoms with van der Waals surface area (Å²) in [5, 5.41) is 11.8. The molecule has 0 saturated heterocycles. The second-order valence-electron chi connectivity index (χ2n) is 3.93. The summed E-state index contributed by atoms with van der Waals surface area (Å²) >= 11 is 0. The number of nitriles is 1. The van der Waals surface area contributed by atoms with Crippen LogP contribution in [0.3, 0.4) is 0 Å². The number of furan rings is 1. The van der Waals surface area contributed by atoms with Gasteiger partial charge < -0.3 is 9.73 Å². The van der Waals surface area contributed by atoms with Gasteiger partial charge in [0, 0.05) is 0 Å². The van der Waals surface area contributed by atoms with Crippen LogP contribution in [-0.2, 0) is 0 Å². The number of hydrogen-bond donors (Lipinski definition) is 1. The van der Waals surface area contributed by atoms with Crippen LogP contribution in [0.1, 0.15) is 30.7 Å². The zero-order chi connectivity index (χ0) is 13.0. The van der Waals surface area contributed by atoms with Gasteiger partial charge in [-0.1, -0.05) is 6.92 Å². The smallest absolute Gasteiger partial charge is 0.147 e. The van der Waals surface area contributed by atoms with E-state index in [2.05, 4.69) is 5.32 Å². The Morgan fingerprint density at radius 2 is 2.28 bits per heavy atom. The summed E-state index contributed by atoms with van der Waals surface area (Å²) in [4.78, 5) is 0. The summed E-state index contributed by atoms with van der Waals surface area (Å²) in [5.41, 5.74) is 0.682. The van der Waals surface area contributed by atoms with E-state index in [4.69, 9.17) is 9.68 Å². The van der Waals surface area contributed by atoms with Gasteiger partial charge in [-0.3, -0.25) is 0 Å². The molecular formula is C14H13FN2O. The Bertz CT molecular complexity index is 558. The molecular weight excluding hydrogens is 231 g/mol. The molecule has 1 aromatic heterocycles. The van der Waals surface area contributed by atoms with Gasteiger partial charge in [-0.05, 0) is 36.8 Å². The number of hydrogen-bond acceptors (Lipinski definition) is 3. The molecule has 2 aromatic rings. The lowest BCUT2D eigenvalue weighted by molar-refractivity contribution is 0.472. The van der Waals surface area contributed by atoms with Crippen LogP contribution in [-0.4, -0.2) is 0 Å². The molecule has 0 aliphatic rings. The molecule has 0 spiro atoms. The molecule has 0 saturated carbocycles. The molecule has 0 radical (unpaired) electrons. The van der Waals surface area contributed by atoms with Crippen molar-refractivity contribution in [1.82, 2.24) is 0 Å². The van der Waals surface area contributed by atoms with Gasteiger partial charge in [-0.2, -0.15) is 5.26 Å². The zero-order valence-electron chi connectivity index (χ0n) is 9.98. The largest absolute Gasteiger partial charge is 0.467 e. The molecule has 92 valence electrons. The fourth-order valence-corrected chi connectivity index (χ4v) is 1.75. The van der Waals surface area contributed by atoms with Gasteiger partial charge in [-0.25, -0.2) is 4.39 Å². The first-order valence-electron chi connectivity index (χ1n) is 5.74. The van der Waals surface area contributed by atoms with Crippen LogP contribution in [0, 0.1) is 17.1 Å². The highest BCUT2D eigenvalue weighted by atomic mass is 19.1. The predicted molar refractivity (Wildman–Crippen MR) is 66.5 cm³/mol. The molecule has 1 aromatic carbocycles. The monoisotopic (exact) mass is 244 g/mol. The second-order valence-corrected chi connectivity index (χ2v) is 3.93. The Hall–Kier alpha value is -2.28. The summed E-state index contributed by atoms with van der Waals surface area (Å²) < 4.78 is 19.0. The summed E-state index contributed by atoms with van der Waals surface area (Å²) in [6.45, 7) is 1.99. The van der Waals surface area contributed by atoms with Gasteiger partial charge in [0.05, 0.1) is 29.6 Å². The van der Waals surface area contributed by atoms with E-state index < -0.39 is 5.82 Å². The molecule has 3 nitrogen and oxygen atoms in total. The van der Waals surface area contributed by atoms with Crippen molar-refractivity contribution >= 4 is 5.69 Å². The molecule has 0 fully saturated rings. The van der Waals surface area contributed by atoms with Crippen molar-refractivity contribution in [3.63, 3.8) is 0 Å². The minimum absolute atomic E-state index is 0.0811. The highest BCUT2D eigenvalue weighted by Crippen LogP contribution is 2.25. The van der Waals surface area contributed by atoms with E-state index >= 15 is 0 Å². The molecule has 0 aliphatic carbocycles. The van der Waals surface area contributed by atoms with Crippen LogP contribution < -0.4 is 5.32 Å². The standard InChI is InChI=1S/C14H13FN2O/c1-2-12(14-4-3-7-18-14)17-13-6-5-10(9-16)8-11(13)15/h3-8,12,17H,2H2,1H3. The van der Waals surface area contributed by atoms with E-state index in [1.165, 1.54) is 6.07 Å². The Labute approximate surface area is 105 Å². The van der Waals surface area contributed by atoms with Crippen molar-refractivity contribution in [2.24, 2.45) is 0 Å². The molecule has 1 unspecified atom stereocenters. The summed E-state index contributed by atoms with van der Waals surface area (Å²) in [6, 6.07) is 9.84. The summed E-state index contributed by atoms with van der Waals surface area (Å²) in [7, 11) is 0. The molecule has 0 amide bonds. The normalized spacial score (nSPS) is 11.8. The molecule has 18 heavy (non-hydrogen) atoms. The minimum Gasteiger partial charge on any atom is -0.467 e. The van der Waals surface area contributed by atoms with E-state index in [-0.39, 0.29) is 6.04 Å². The lowest BCUT2D eigenvalue weighted by Gasteiger charge is -2.16. The van der Waals surface area contributed by atoms with E-state index in [9.17, 15) is 4.39 Å². The third-order valence-electron chi connectivity index (χ3n) is 2.72. The van der Waals surface area contributed by atoms with Gasteiger partial charge in [0.2, 0.25) is 0 Å². The zero-order valence-corrected chi connectivity index (χ0v) is 9.98. The van der Waals surface area contributed by atoms with Crippen molar-refractivity contribution in [3.8, 4) is 6.07 Å². The predicted octanol–water partition coefficient (Wildman–Crippen LogP) is 3.85. The number of halogens is 1. The third kappa shape index (κ3) is 2.51. The van der Waals surface area contributed by atoms with Gasteiger partial charge in [-0.15, -0.1) is 0 Å². The first-order chi connectivity index (χ1) is 8.74. The van der Waals surface area contributed by atoms with Crippen LogP contribution in [0.15, 0.2) is 41.0 Å². The van der Waals surface area contributed by atoms with Gasteiger partial charge >= 0.3 is 0 Å². The second kappa shape index (κ2) is 5.37. The van der Waals surface area contributed by atoms with Crippen LogP contribution in [0.4, 0.5) is 10.1 Å². The van der Waals surface area contributed by atoms with E-state index in [1.807, 2.05) is 19.1 Å². The fourth-order valence-electron chi connectivity index (χ4n) is 1.75. The quantitative estimate of drug-likeness (QED) is 0.888. The molecule has 0 bridgehead atoms. The highest BCUT2D eigenvalue weighted by molar-refractivity contribution is 5.49. The number of anilines is 1. The molecule has 4 heteroatoms. The van der Waals surface area contributed by atoms with Crippen molar-refractivity contribution in [2.45, 2.75) is 19.4 Å². The average Bonchev–Trinajstić information content (AvgIpc) is 2.91. The first kappa shape index (κ1) is 12.2. The van der Waals surface area contributed by atoms with Crippen molar-refractivity contribution in [2.75, 3.05) is 5.32 Å². The molecule has 0 aliphatic heterocycles. The van der Waals surface area contributed by atoms with Crippen LogP contribution in [0.5, 0.6) is 0 Å². The lowest BCUT2D eigenvalue weighted by Crippen LogP contribution is -2.10. The van der Waals surface area contributed by atoms with Crippen LogP contribution in [0.25, 0.3) is 0 Å². The molecule has 1 atom stereocenters. The van der Waals surface area contributed by atoms with Gasteiger partial charge in [0.1, 0.15) is 11.6 Å². The Morgan fingerprint density at radius 3 is 2.83 bits per heavy atom. The maximum absolute atomic E-state index is 13.7. The fraction of sp³-hybridized carbons (Fsp3) is 0.214. The number of benzene rings is 1. The Kier molecular flexibility index (Phi) is 3.63. The van der Waals surface area contributed by atoms with E-state index in [0.29, 0.717) is 11.3 Å². The molecule has 2 rings (SSSR count). The van der Waals surface area contributed by atoms with Crippen molar-refractivity contribution in [3.05, 3.63) is 53.7 Å². The maximum atomic E-state index is 13.7. The minimum atomic E-state index is -0.431. The van der Waals surface area contributed by atoms with Gasteiger partial charge in [0.15, 0.2) is 0 Å². The maximum Gasteiger partial charge on any atom is 0.147 e.